The summed E-state index contributed by atoms with van der Waals surface area (Å²) in [7, 11) is 1.70. The molecule has 1 aromatic rings. The van der Waals surface area contributed by atoms with E-state index in [1.165, 1.54) is 0 Å². The highest BCUT2D eigenvalue weighted by atomic mass is 16.6. The van der Waals surface area contributed by atoms with Crippen LogP contribution in [0.15, 0.2) is 0 Å². The number of hydrogen-bond donors (Lipinski definition) is 2. The fourth-order valence-electron chi connectivity index (χ4n) is 2.14. The first-order valence-corrected chi connectivity index (χ1v) is 6.28. The molecule has 19 heavy (non-hydrogen) atoms. The lowest BCUT2D eigenvalue weighted by Gasteiger charge is -2.25. The Bertz CT molecular complexity index is 466. The van der Waals surface area contributed by atoms with Crippen molar-refractivity contribution in [3.05, 3.63) is 15.9 Å². The predicted molar refractivity (Wildman–Crippen MR) is 73.2 cm³/mol. The van der Waals surface area contributed by atoms with E-state index in [9.17, 15) is 15.2 Å². The maximum atomic E-state index is 10.9. The monoisotopic (exact) mass is 270 g/mol. The van der Waals surface area contributed by atoms with E-state index < -0.39 is 10.5 Å². The van der Waals surface area contributed by atoms with Crippen molar-refractivity contribution < 1.29 is 10.0 Å². The number of nitrogens with zero attached hydrogens (tertiary/aromatic N) is 3. The second-order valence-corrected chi connectivity index (χ2v) is 5.60. The van der Waals surface area contributed by atoms with Gasteiger partial charge in [-0.2, -0.15) is 0 Å². The average molecular weight is 270 g/mol. The Morgan fingerprint density at radius 2 is 2.16 bits per heavy atom. The molecule has 1 unspecified atom stereocenters. The summed E-state index contributed by atoms with van der Waals surface area (Å²) in [6.45, 7) is 7.70. The summed E-state index contributed by atoms with van der Waals surface area (Å²) < 4.78 is 1.61. The minimum atomic E-state index is -0.916. The fourth-order valence-corrected chi connectivity index (χ4v) is 2.14. The van der Waals surface area contributed by atoms with Crippen LogP contribution in [0.25, 0.3) is 0 Å². The van der Waals surface area contributed by atoms with Gasteiger partial charge < -0.3 is 20.5 Å². The Balaban J connectivity index is 2.86. The Morgan fingerprint density at radius 3 is 2.63 bits per heavy atom. The van der Waals surface area contributed by atoms with Crippen LogP contribution in [0.4, 0.5) is 11.6 Å². The highest BCUT2D eigenvalue weighted by Gasteiger charge is 2.27. The largest absolute Gasteiger partial charge is 0.406 e. The van der Waals surface area contributed by atoms with Crippen LogP contribution >= 0.6 is 0 Å². The molecule has 0 fully saturated rings. The first kappa shape index (κ1) is 15.4. The first-order chi connectivity index (χ1) is 8.64. The summed E-state index contributed by atoms with van der Waals surface area (Å²) in [5.74, 6) is 1.02. The van der Waals surface area contributed by atoms with Gasteiger partial charge in [-0.25, -0.2) is 0 Å². The third-order valence-electron chi connectivity index (χ3n) is 2.96. The summed E-state index contributed by atoms with van der Waals surface area (Å²) in [5.41, 5.74) is -0.916. The van der Waals surface area contributed by atoms with Gasteiger partial charge in [0.05, 0.1) is 5.60 Å². The molecule has 0 saturated carbocycles. The number of hydrogen-bond acceptors (Lipinski definition) is 5. The van der Waals surface area contributed by atoms with E-state index in [0.29, 0.717) is 24.0 Å². The van der Waals surface area contributed by atoms with Crippen molar-refractivity contribution in [1.82, 2.24) is 9.55 Å². The van der Waals surface area contributed by atoms with Gasteiger partial charge in [0.25, 0.3) is 0 Å². The van der Waals surface area contributed by atoms with Crippen molar-refractivity contribution in [2.45, 2.75) is 39.7 Å². The third kappa shape index (κ3) is 3.92. The SMILES string of the molecule is Cc1nc([N+](=O)[O-])c(NCC(C)(O)CC(C)C)n1C. The van der Waals surface area contributed by atoms with E-state index in [1.54, 1.807) is 25.5 Å². The zero-order valence-corrected chi connectivity index (χ0v) is 12.1. The molecule has 0 aliphatic carbocycles. The average Bonchev–Trinajstić information content (AvgIpc) is 2.51. The standard InChI is InChI=1S/C12H22N4O3/c1-8(2)6-12(4,17)7-13-10-11(16(18)19)14-9(3)15(10)5/h8,13,17H,6-7H2,1-5H3. The lowest BCUT2D eigenvalue weighted by molar-refractivity contribution is -0.388. The molecule has 1 heterocycles. The van der Waals surface area contributed by atoms with Gasteiger partial charge in [-0.05, 0) is 29.2 Å². The van der Waals surface area contributed by atoms with E-state index in [2.05, 4.69) is 10.3 Å². The van der Waals surface area contributed by atoms with Gasteiger partial charge in [-0.15, -0.1) is 0 Å². The molecule has 0 aliphatic rings. The maximum absolute atomic E-state index is 10.9. The second-order valence-electron chi connectivity index (χ2n) is 5.60. The molecule has 1 aromatic heterocycles. The summed E-state index contributed by atoms with van der Waals surface area (Å²) in [6, 6.07) is 0. The summed E-state index contributed by atoms with van der Waals surface area (Å²) in [4.78, 5) is 14.3. The molecule has 1 atom stereocenters. The zero-order chi connectivity index (χ0) is 14.8. The van der Waals surface area contributed by atoms with Crippen LogP contribution in [-0.2, 0) is 7.05 Å². The Hall–Kier alpha value is -1.63. The van der Waals surface area contributed by atoms with Crippen molar-refractivity contribution in [3.8, 4) is 0 Å². The van der Waals surface area contributed by atoms with Gasteiger partial charge in [0.15, 0.2) is 0 Å². The van der Waals surface area contributed by atoms with Gasteiger partial charge in [-0.3, -0.25) is 4.57 Å². The molecule has 0 aliphatic heterocycles. The summed E-state index contributed by atoms with van der Waals surface area (Å²) in [5, 5.41) is 24.1. The maximum Gasteiger partial charge on any atom is 0.406 e. The molecule has 0 bridgehead atoms. The molecule has 0 aromatic carbocycles. The molecular weight excluding hydrogens is 248 g/mol. The number of aliphatic hydroxyl groups is 1. The van der Waals surface area contributed by atoms with E-state index in [1.807, 2.05) is 13.8 Å². The number of anilines is 1. The molecule has 0 spiro atoms. The van der Waals surface area contributed by atoms with E-state index >= 15 is 0 Å². The second kappa shape index (κ2) is 5.56. The minimum Gasteiger partial charge on any atom is -0.388 e. The third-order valence-corrected chi connectivity index (χ3v) is 2.96. The Labute approximate surface area is 112 Å². The van der Waals surface area contributed by atoms with Crippen molar-refractivity contribution >= 4 is 11.6 Å². The van der Waals surface area contributed by atoms with E-state index in [0.717, 1.165) is 0 Å². The van der Waals surface area contributed by atoms with E-state index in [-0.39, 0.29) is 12.4 Å². The zero-order valence-electron chi connectivity index (χ0n) is 12.1. The molecule has 7 nitrogen and oxygen atoms in total. The van der Waals surface area contributed by atoms with Crippen LogP contribution in [0.1, 0.15) is 33.0 Å². The van der Waals surface area contributed by atoms with Crippen molar-refractivity contribution in [2.24, 2.45) is 13.0 Å². The highest BCUT2D eigenvalue weighted by molar-refractivity contribution is 5.53. The van der Waals surface area contributed by atoms with Crippen LogP contribution in [0, 0.1) is 23.0 Å². The highest BCUT2D eigenvalue weighted by Crippen LogP contribution is 2.25. The van der Waals surface area contributed by atoms with Gasteiger partial charge >= 0.3 is 5.82 Å². The Kier molecular flexibility index (Phi) is 4.52. The van der Waals surface area contributed by atoms with Crippen LogP contribution < -0.4 is 5.32 Å². The number of nitro groups is 1. The van der Waals surface area contributed by atoms with Gasteiger partial charge in [0.1, 0.15) is 0 Å². The molecule has 108 valence electrons. The summed E-state index contributed by atoms with van der Waals surface area (Å²) in [6.07, 6.45) is 0.616. The quantitative estimate of drug-likeness (QED) is 0.607. The molecule has 0 amide bonds. The van der Waals surface area contributed by atoms with Crippen LogP contribution in [0.2, 0.25) is 0 Å². The van der Waals surface area contributed by atoms with Crippen molar-refractivity contribution in [3.63, 3.8) is 0 Å². The molecule has 2 N–H and O–H groups in total. The van der Waals surface area contributed by atoms with Crippen LogP contribution in [0.5, 0.6) is 0 Å². The predicted octanol–water partition coefficient (Wildman–Crippen LogP) is 1.85. The number of nitrogens with one attached hydrogen (secondary N) is 1. The minimum absolute atomic E-state index is 0.208. The van der Waals surface area contributed by atoms with Crippen LogP contribution in [0.3, 0.4) is 0 Å². The van der Waals surface area contributed by atoms with Gasteiger partial charge in [0.2, 0.25) is 11.6 Å². The Morgan fingerprint density at radius 1 is 1.58 bits per heavy atom. The van der Waals surface area contributed by atoms with Gasteiger partial charge in [-0.1, -0.05) is 13.8 Å². The summed E-state index contributed by atoms with van der Waals surface area (Å²) >= 11 is 0. The number of rotatable bonds is 6. The molecule has 1 rings (SSSR count). The van der Waals surface area contributed by atoms with Gasteiger partial charge in [0, 0.05) is 20.5 Å². The normalized spacial score (nSPS) is 14.5. The van der Waals surface area contributed by atoms with E-state index in [4.69, 9.17) is 0 Å². The number of aromatic nitrogens is 2. The first-order valence-electron chi connectivity index (χ1n) is 6.28. The lowest BCUT2D eigenvalue weighted by Crippen LogP contribution is -2.35. The van der Waals surface area contributed by atoms with Crippen molar-refractivity contribution in [1.29, 1.82) is 0 Å². The lowest BCUT2D eigenvalue weighted by atomic mass is 9.94. The molecular formula is C12H22N4O3. The number of aryl methyl sites for hydroxylation is 1. The van der Waals surface area contributed by atoms with Crippen LogP contribution in [-0.4, -0.2) is 31.7 Å². The molecule has 0 radical (unpaired) electrons. The molecule has 0 saturated heterocycles. The topological polar surface area (TPSA) is 93.2 Å². The smallest absolute Gasteiger partial charge is 0.388 e. The van der Waals surface area contributed by atoms with Crippen molar-refractivity contribution in [2.75, 3.05) is 11.9 Å². The number of imidazole rings is 1. The molecule has 7 heteroatoms. The fraction of sp³-hybridized carbons (Fsp3) is 0.750.